The first-order valence-electron chi connectivity index (χ1n) is 5.76. The van der Waals surface area contributed by atoms with Crippen molar-refractivity contribution in [3.05, 3.63) is 12.2 Å². The minimum atomic E-state index is -0.167. The van der Waals surface area contributed by atoms with Gasteiger partial charge >= 0.3 is 0 Å². The summed E-state index contributed by atoms with van der Waals surface area (Å²) in [6.45, 7) is 5.08. The molecule has 5 heteroatoms. The van der Waals surface area contributed by atoms with Crippen LogP contribution >= 0.6 is 0 Å². The van der Waals surface area contributed by atoms with Crippen LogP contribution in [0.25, 0.3) is 0 Å². The Labute approximate surface area is 95.9 Å². The molecule has 0 aromatic carbocycles. The maximum atomic E-state index is 9.61. The zero-order valence-corrected chi connectivity index (χ0v) is 10.1. The minimum Gasteiger partial charge on any atom is -0.392 e. The summed E-state index contributed by atoms with van der Waals surface area (Å²) in [5, 5.41) is 20.9. The van der Waals surface area contributed by atoms with Crippen LogP contribution in [-0.2, 0) is 13.5 Å². The van der Waals surface area contributed by atoms with Gasteiger partial charge in [0.25, 0.3) is 0 Å². The number of aryl methyl sites for hydroxylation is 1. The molecule has 0 bridgehead atoms. The highest BCUT2D eigenvalue weighted by atomic mass is 16.3. The molecule has 0 radical (unpaired) electrons. The molecule has 0 saturated heterocycles. The number of nitrogens with one attached hydrogen (secondary N) is 1. The molecule has 0 spiro atoms. The Kier molecular flexibility index (Phi) is 2.99. The van der Waals surface area contributed by atoms with Gasteiger partial charge in [-0.25, -0.2) is 0 Å². The molecule has 1 heterocycles. The number of aromatic nitrogens is 3. The van der Waals surface area contributed by atoms with Gasteiger partial charge < -0.3 is 15.0 Å². The van der Waals surface area contributed by atoms with Gasteiger partial charge in [-0.2, -0.15) is 0 Å². The minimum absolute atomic E-state index is 0.000112. The Morgan fingerprint density at radius 1 is 1.62 bits per heavy atom. The van der Waals surface area contributed by atoms with E-state index in [0.717, 1.165) is 25.2 Å². The van der Waals surface area contributed by atoms with Crippen molar-refractivity contribution in [3.8, 4) is 0 Å². The predicted molar refractivity (Wildman–Crippen MR) is 60.9 cm³/mol. The first-order valence-corrected chi connectivity index (χ1v) is 5.76. The summed E-state index contributed by atoms with van der Waals surface area (Å²) >= 11 is 0. The zero-order valence-electron chi connectivity index (χ0n) is 10.1. The summed E-state index contributed by atoms with van der Waals surface area (Å²) < 4.78 is 1.93. The molecule has 1 saturated carbocycles. The normalized spacial score (nSPS) is 27.8. The van der Waals surface area contributed by atoms with Crippen molar-refractivity contribution in [2.24, 2.45) is 12.5 Å². The van der Waals surface area contributed by atoms with Crippen LogP contribution < -0.4 is 5.32 Å². The third-order valence-electron chi connectivity index (χ3n) is 3.76. The molecule has 2 N–H and O–H groups in total. The van der Waals surface area contributed by atoms with Crippen molar-refractivity contribution in [1.29, 1.82) is 0 Å². The zero-order chi connectivity index (χ0) is 11.8. The van der Waals surface area contributed by atoms with Crippen molar-refractivity contribution in [2.45, 2.75) is 38.8 Å². The van der Waals surface area contributed by atoms with E-state index < -0.39 is 0 Å². The molecule has 2 atom stereocenters. The van der Waals surface area contributed by atoms with Gasteiger partial charge in [0, 0.05) is 31.5 Å². The van der Waals surface area contributed by atoms with Gasteiger partial charge in [0.15, 0.2) is 0 Å². The van der Waals surface area contributed by atoms with Crippen molar-refractivity contribution in [3.63, 3.8) is 0 Å². The van der Waals surface area contributed by atoms with Gasteiger partial charge in [0.1, 0.15) is 12.2 Å². The van der Waals surface area contributed by atoms with E-state index in [1.54, 1.807) is 6.33 Å². The SMILES string of the molecule is Cn1cnnc1CCNC1CC(O)C1(C)C. The van der Waals surface area contributed by atoms with Crippen molar-refractivity contribution < 1.29 is 5.11 Å². The fourth-order valence-corrected chi connectivity index (χ4v) is 2.14. The Morgan fingerprint density at radius 2 is 2.38 bits per heavy atom. The van der Waals surface area contributed by atoms with Gasteiger partial charge in [0.05, 0.1) is 6.10 Å². The summed E-state index contributed by atoms with van der Waals surface area (Å²) in [5.74, 6) is 0.991. The van der Waals surface area contributed by atoms with Crippen molar-refractivity contribution >= 4 is 0 Å². The quantitative estimate of drug-likeness (QED) is 0.762. The van der Waals surface area contributed by atoms with Crippen LogP contribution in [0.15, 0.2) is 6.33 Å². The summed E-state index contributed by atoms with van der Waals surface area (Å²) in [6, 6.07) is 0.413. The molecule has 1 fully saturated rings. The lowest BCUT2D eigenvalue weighted by Crippen LogP contribution is -2.60. The Bertz CT molecular complexity index is 361. The average molecular weight is 224 g/mol. The van der Waals surface area contributed by atoms with Gasteiger partial charge in [0.2, 0.25) is 0 Å². The highest BCUT2D eigenvalue weighted by Gasteiger charge is 2.46. The molecule has 0 amide bonds. The number of aliphatic hydroxyl groups excluding tert-OH is 1. The monoisotopic (exact) mass is 224 g/mol. The van der Waals surface area contributed by atoms with E-state index >= 15 is 0 Å². The fraction of sp³-hybridized carbons (Fsp3) is 0.818. The third kappa shape index (κ3) is 1.97. The highest BCUT2D eigenvalue weighted by Crippen LogP contribution is 2.40. The second-order valence-electron chi connectivity index (χ2n) is 5.19. The fourth-order valence-electron chi connectivity index (χ4n) is 2.14. The van der Waals surface area contributed by atoms with Gasteiger partial charge in [-0.15, -0.1) is 10.2 Å². The van der Waals surface area contributed by atoms with E-state index in [0.29, 0.717) is 6.04 Å². The van der Waals surface area contributed by atoms with Crippen LogP contribution in [0, 0.1) is 5.41 Å². The van der Waals surface area contributed by atoms with E-state index in [2.05, 4.69) is 29.4 Å². The summed E-state index contributed by atoms with van der Waals surface area (Å²) in [6.07, 6.45) is 3.28. The molecule has 5 nitrogen and oxygen atoms in total. The highest BCUT2D eigenvalue weighted by molar-refractivity contribution is 5.02. The van der Waals surface area contributed by atoms with Crippen LogP contribution in [0.5, 0.6) is 0 Å². The number of nitrogens with zero attached hydrogens (tertiary/aromatic N) is 3. The molecule has 1 aliphatic rings. The molecule has 2 rings (SSSR count). The van der Waals surface area contributed by atoms with E-state index in [1.807, 2.05) is 11.6 Å². The Morgan fingerprint density at radius 3 is 2.88 bits per heavy atom. The van der Waals surface area contributed by atoms with E-state index in [4.69, 9.17) is 0 Å². The second kappa shape index (κ2) is 4.14. The van der Waals surface area contributed by atoms with Crippen molar-refractivity contribution in [1.82, 2.24) is 20.1 Å². The number of hydrogen-bond acceptors (Lipinski definition) is 4. The molecule has 1 aliphatic carbocycles. The first-order chi connectivity index (χ1) is 7.51. The largest absolute Gasteiger partial charge is 0.392 e. The topological polar surface area (TPSA) is 63.0 Å². The van der Waals surface area contributed by atoms with E-state index in [9.17, 15) is 5.11 Å². The smallest absolute Gasteiger partial charge is 0.133 e. The molecular weight excluding hydrogens is 204 g/mol. The lowest BCUT2D eigenvalue weighted by atomic mass is 9.64. The van der Waals surface area contributed by atoms with Crippen LogP contribution in [-0.4, -0.2) is 38.6 Å². The number of rotatable bonds is 4. The van der Waals surface area contributed by atoms with Crippen LogP contribution in [0.4, 0.5) is 0 Å². The van der Waals surface area contributed by atoms with E-state index in [-0.39, 0.29) is 11.5 Å². The van der Waals surface area contributed by atoms with E-state index in [1.165, 1.54) is 0 Å². The molecular formula is C11H20N4O. The van der Waals surface area contributed by atoms with Crippen LogP contribution in [0.3, 0.4) is 0 Å². The van der Waals surface area contributed by atoms with Gasteiger partial charge in [-0.05, 0) is 6.42 Å². The molecule has 0 aliphatic heterocycles. The second-order valence-corrected chi connectivity index (χ2v) is 5.19. The standard InChI is InChI=1S/C11H20N4O/c1-11(2)8(6-9(11)16)12-5-4-10-14-13-7-15(10)3/h7-9,12,16H,4-6H2,1-3H3. The maximum Gasteiger partial charge on any atom is 0.133 e. The van der Waals surface area contributed by atoms with Gasteiger partial charge in [-0.1, -0.05) is 13.8 Å². The molecule has 1 aromatic heterocycles. The van der Waals surface area contributed by atoms with Crippen molar-refractivity contribution in [2.75, 3.05) is 6.54 Å². The lowest BCUT2D eigenvalue weighted by molar-refractivity contribution is -0.0721. The Hall–Kier alpha value is -0.940. The van der Waals surface area contributed by atoms with Gasteiger partial charge in [-0.3, -0.25) is 0 Å². The average Bonchev–Trinajstić information content (AvgIpc) is 2.63. The summed E-state index contributed by atoms with van der Waals surface area (Å²) in [7, 11) is 1.95. The number of hydrogen-bond donors (Lipinski definition) is 2. The first kappa shape index (κ1) is 11.5. The summed E-state index contributed by atoms with van der Waals surface area (Å²) in [5.41, 5.74) is -0.000112. The molecule has 1 aromatic rings. The third-order valence-corrected chi connectivity index (χ3v) is 3.76. The lowest BCUT2D eigenvalue weighted by Gasteiger charge is -2.49. The molecule has 2 unspecified atom stereocenters. The summed E-state index contributed by atoms with van der Waals surface area (Å²) in [4.78, 5) is 0. The molecule has 90 valence electrons. The Balaban J connectivity index is 1.76. The maximum absolute atomic E-state index is 9.61. The van der Waals surface area contributed by atoms with Crippen LogP contribution in [0.2, 0.25) is 0 Å². The molecule has 16 heavy (non-hydrogen) atoms. The predicted octanol–water partition coefficient (Wildman–Crippen LogP) is 0.107. The van der Waals surface area contributed by atoms with Crippen LogP contribution in [0.1, 0.15) is 26.1 Å². The number of aliphatic hydroxyl groups is 1.